The van der Waals surface area contributed by atoms with Gasteiger partial charge in [0.05, 0.1) is 12.2 Å². The van der Waals surface area contributed by atoms with Gasteiger partial charge in [-0.25, -0.2) is 4.79 Å². The van der Waals surface area contributed by atoms with Crippen LogP contribution in [0.1, 0.15) is 46.0 Å². The molecule has 0 atom stereocenters. The number of amides is 1. The highest BCUT2D eigenvalue weighted by molar-refractivity contribution is 5.94. The van der Waals surface area contributed by atoms with Crippen LogP contribution in [-0.4, -0.2) is 35.9 Å². The fourth-order valence-electron chi connectivity index (χ4n) is 2.46. The molecule has 2 N–H and O–H groups in total. The summed E-state index contributed by atoms with van der Waals surface area (Å²) in [5.74, 6) is -0.319. The molecular formula is C21H23NO5. The van der Waals surface area contributed by atoms with E-state index in [0.29, 0.717) is 43.7 Å². The van der Waals surface area contributed by atoms with E-state index < -0.39 is 5.97 Å². The average molecular weight is 369 g/mol. The number of carboxylic acids is 1. The molecule has 0 aromatic heterocycles. The Morgan fingerprint density at radius 2 is 1.59 bits per heavy atom. The van der Waals surface area contributed by atoms with E-state index in [1.807, 2.05) is 0 Å². The van der Waals surface area contributed by atoms with Crippen LogP contribution < -0.4 is 10.1 Å². The van der Waals surface area contributed by atoms with Crippen molar-refractivity contribution in [1.82, 2.24) is 5.32 Å². The Kier molecular flexibility index (Phi) is 7.55. The van der Waals surface area contributed by atoms with E-state index in [4.69, 9.17) is 9.84 Å². The number of ketones is 1. The van der Waals surface area contributed by atoms with Crippen LogP contribution in [0.3, 0.4) is 0 Å². The van der Waals surface area contributed by atoms with Crippen molar-refractivity contribution in [3.63, 3.8) is 0 Å². The second-order valence-electron chi connectivity index (χ2n) is 6.13. The van der Waals surface area contributed by atoms with Gasteiger partial charge in [0.2, 0.25) is 5.91 Å². The van der Waals surface area contributed by atoms with E-state index in [1.54, 1.807) is 48.5 Å². The molecule has 6 nitrogen and oxygen atoms in total. The van der Waals surface area contributed by atoms with Crippen LogP contribution in [0.5, 0.6) is 5.75 Å². The molecule has 0 saturated heterocycles. The Morgan fingerprint density at radius 1 is 0.963 bits per heavy atom. The van der Waals surface area contributed by atoms with Crippen LogP contribution in [0.15, 0.2) is 48.5 Å². The van der Waals surface area contributed by atoms with Crippen molar-refractivity contribution in [2.45, 2.75) is 26.2 Å². The molecule has 0 unspecified atom stereocenters. The summed E-state index contributed by atoms with van der Waals surface area (Å²) in [4.78, 5) is 33.8. The fraction of sp³-hybridized carbons (Fsp3) is 0.286. The second-order valence-corrected chi connectivity index (χ2v) is 6.13. The normalized spacial score (nSPS) is 10.3. The molecular weight excluding hydrogens is 346 g/mol. The Balaban J connectivity index is 1.60. The van der Waals surface area contributed by atoms with E-state index >= 15 is 0 Å². The van der Waals surface area contributed by atoms with Gasteiger partial charge in [-0.15, -0.1) is 0 Å². The number of carbonyl (C=O) groups is 3. The van der Waals surface area contributed by atoms with Gasteiger partial charge in [0.1, 0.15) is 5.75 Å². The third kappa shape index (κ3) is 6.93. The summed E-state index contributed by atoms with van der Waals surface area (Å²) in [6, 6.07) is 13.5. The van der Waals surface area contributed by atoms with Crippen molar-refractivity contribution in [2.24, 2.45) is 0 Å². The first-order valence-corrected chi connectivity index (χ1v) is 8.78. The predicted molar refractivity (Wildman–Crippen MR) is 101 cm³/mol. The van der Waals surface area contributed by atoms with Gasteiger partial charge in [-0.1, -0.05) is 12.1 Å². The number of Topliss-reactive ketones (excluding diaryl/α,β-unsaturated/α-hetero) is 1. The standard InChI is InChI=1S/C21H23NO5/c1-15(23)17-8-10-19(11-9-17)27-14-2-3-20(24)22-13-12-16-4-6-18(7-5-16)21(25)26/h4-11H,2-3,12-14H2,1H3,(H,22,24)(H,25,26). The lowest BCUT2D eigenvalue weighted by Crippen LogP contribution is -2.25. The van der Waals surface area contributed by atoms with Gasteiger partial charge in [-0.3, -0.25) is 9.59 Å². The molecule has 0 spiro atoms. The van der Waals surface area contributed by atoms with Gasteiger partial charge in [0.15, 0.2) is 5.78 Å². The van der Waals surface area contributed by atoms with Crippen molar-refractivity contribution in [3.05, 3.63) is 65.2 Å². The number of rotatable bonds is 10. The van der Waals surface area contributed by atoms with E-state index in [0.717, 1.165) is 5.56 Å². The summed E-state index contributed by atoms with van der Waals surface area (Å²) in [5, 5.41) is 11.7. The molecule has 2 aromatic carbocycles. The van der Waals surface area contributed by atoms with Crippen LogP contribution in [0, 0.1) is 0 Å². The molecule has 0 aliphatic heterocycles. The maximum Gasteiger partial charge on any atom is 0.335 e. The summed E-state index contributed by atoms with van der Waals surface area (Å²) in [6.07, 6.45) is 1.60. The van der Waals surface area contributed by atoms with Gasteiger partial charge < -0.3 is 15.2 Å². The summed E-state index contributed by atoms with van der Waals surface area (Å²) in [5.41, 5.74) is 1.86. The molecule has 0 bridgehead atoms. The maximum atomic E-state index is 11.8. The lowest BCUT2D eigenvalue weighted by molar-refractivity contribution is -0.121. The van der Waals surface area contributed by atoms with Crippen molar-refractivity contribution in [2.75, 3.05) is 13.2 Å². The summed E-state index contributed by atoms with van der Waals surface area (Å²) in [6.45, 7) is 2.43. The largest absolute Gasteiger partial charge is 0.494 e. The van der Waals surface area contributed by atoms with Crippen LogP contribution in [0.25, 0.3) is 0 Å². The fourth-order valence-corrected chi connectivity index (χ4v) is 2.46. The number of hydrogen-bond acceptors (Lipinski definition) is 4. The van der Waals surface area contributed by atoms with E-state index in [1.165, 1.54) is 6.92 Å². The molecule has 0 aliphatic carbocycles. The minimum atomic E-state index is -0.952. The van der Waals surface area contributed by atoms with Crippen molar-refractivity contribution in [1.29, 1.82) is 0 Å². The first-order chi connectivity index (χ1) is 13.0. The molecule has 2 aromatic rings. The van der Waals surface area contributed by atoms with Crippen molar-refractivity contribution < 1.29 is 24.2 Å². The van der Waals surface area contributed by atoms with Gasteiger partial charge in [0.25, 0.3) is 0 Å². The Morgan fingerprint density at radius 3 is 2.19 bits per heavy atom. The number of carbonyl (C=O) groups excluding carboxylic acids is 2. The van der Waals surface area contributed by atoms with E-state index in [9.17, 15) is 14.4 Å². The monoisotopic (exact) mass is 369 g/mol. The lowest BCUT2D eigenvalue weighted by Gasteiger charge is -2.08. The zero-order chi connectivity index (χ0) is 19.6. The first kappa shape index (κ1) is 20.2. The summed E-state index contributed by atoms with van der Waals surface area (Å²) >= 11 is 0. The van der Waals surface area contributed by atoms with Gasteiger partial charge >= 0.3 is 5.97 Å². The molecule has 0 aliphatic rings. The number of aromatic carboxylic acids is 1. The van der Waals surface area contributed by atoms with Crippen LogP contribution in [-0.2, 0) is 11.2 Å². The Bertz CT molecular complexity index is 781. The smallest absolute Gasteiger partial charge is 0.335 e. The van der Waals surface area contributed by atoms with E-state index in [2.05, 4.69) is 5.32 Å². The quantitative estimate of drug-likeness (QED) is 0.496. The van der Waals surface area contributed by atoms with Crippen molar-refractivity contribution >= 4 is 17.7 Å². The molecule has 27 heavy (non-hydrogen) atoms. The van der Waals surface area contributed by atoms with Gasteiger partial charge in [-0.05, 0) is 61.7 Å². The minimum absolute atomic E-state index is 0.0102. The van der Waals surface area contributed by atoms with E-state index in [-0.39, 0.29) is 17.3 Å². The maximum absolute atomic E-state index is 11.8. The summed E-state index contributed by atoms with van der Waals surface area (Å²) in [7, 11) is 0. The molecule has 142 valence electrons. The van der Waals surface area contributed by atoms with Crippen molar-refractivity contribution in [3.8, 4) is 5.75 Å². The number of nitrogens with one attached hydrogen (secondary N) is 1. The second kappa shape index (κ2) is 10.1. The lowest BCUT2D eigenvalue weighted by atomic mass is 10.1. The average Bonchev–Trinajstić information content (AvgIpc) is 2.66. The Labute approximate surface area is 158 Å². The van der Waals surface area contributed by atoms with Crippen LogP contribution in [0.4, 0.5) is 0 Å². The topological polar surface area (TPSA) is 92.7 Å². The third-order valence-electron chi connectivity index (χ3n) is 4.01. The summed E-state index contributed by atoms with van der Waals surface area (Å²) < 4.78 is 5.56. The SMILES string of the molecule is CC(=O)c1ccc(OCCCC(=O)NCCc2ccc(C(=O)O)cc2)cc1. The molecule has 0 fully saturated rings. The Hall–Kier alpha value is -3.15. The number of hydrogen-bond donors (Lipinski definition) is 2. The third-order valence-corrected chi connectivity index (χ3v) is 4.01. The number of benzene rings is 2. The molecule has 0 heterocycles. The molecule has 0 radical (unpaired) electrons. The number of ether oxygens (including phenoxy) is 1. The molecule has 1 amide bonds. The zero-order valence-corrected chi connectivity index (χ0v) is 15.2. The molecule has 2 rings (SSSR count). The number of carboxylic acid groups (broad SMARTS) is 1. The molecule has 6 heteroatoms. The van der Waals surface area contributed by atoms with Gasteiger partial charge in [-0.2, -0.15) is 0 Å². The highest BCUT2D eigenvalue weighted by Crippen LogP contribution is 2.13. The van der Waals surface area contributed by atoms with Crippen LogP contribution in [0.2, 0.25) is 0 Å². The minimum Gasteiger partial charge on any atom is -0.494 e. The molecule has 0 saturated carbocycles. The first-order valence-electron chi connectivity index (χ1n) is 8.78. The highest BCUT2D eigenvalue weighted by Gasteiger charge is 2.04. The highest BCUT2D eigenvalue weighted by atomic mass is 16.5. The predicted octanol–water partition coefficient (Wildman–Crippen LogP) is 3.11. The zero-order valence-electron chi connectivity index (χ0n) is 15.2. The van der Waals surface area contributed by atoms with Crippen LogP contribution >= 0.6 is 0 Å². The van der Waals surface area contributed by atoms with Gasteiger partial charge in [0, 0.05) is 18.5 Å².